The van der Waals surface area contributed by atoms with Crippen LogP contribution < -0.4 is 10.9 Å². The maximum absolute atomic E-state index is 13.5. The highest BCUT2D eigenvalue weighted by atomic mass is 32.1. The van der Waals surface area contributed by atoms with E-state index in [-0.39, 0.29) is 30.4 Å². The molecule has 7 heteroatoms. The summed E-state index contributed by atoms with van der Waals surface area (Å²) >= 11 is 1.48. The molecule has 0 saturated heterocycles. The second kappa shape index (κ2) is 6.92. The van der Waals surface area contributed by atoms with Gasteiger partial charge in [-0.15, -0.1) is 11.3 Å². The van der Waals surface area contributed by atoms with Gasteiger partial charge in [-0.1, -0.05) is 25.1 Å². The number of rotatable bonds is 5. The van der Waals surface area contributed by atoms with E-state index < -0.39 is 0 Å². The first-order chi connectivity index (χ1) is 11.6. The Balaban J connectivity index is 1.72. The molecule has 24 heavy (non-hydrogen) atoms. The first-order valence-electron chi connectivity index (χ1n) is 7.56. The monoisotopic (exact) mass is 345 g/mol. The summed E-state index contributed by atoms with van der Waals surface area (Å²) in [5.41, 5.74) is 0.161. The number of hydrogen-bond donors (Lipinski definition) is 1. The predicted molar refractivity (Wildman–Crippen MR) is 91.5 cm³/mol. The van der Waals surface area contributed by atoms with Gasteiger partial charge in [0.25, 0.3) is 5.56 Å². The maximum atomic E-state index is 13.5. The summed E-state index contributed by atoms with van der Waals surface area (Å²) in [6, 6.07) is 8.06. The molecular weight excluding hydrogens is 329 g/mol. The molecule has 1 aromatic carbocycles. The molecule has 1 amide bonds. The van der Waals surface area contributed by atoms with Crippen molar-refractivity contribution in [2.45, 2.75) is 26.4 Å². The zero-order chi connectivity index (χ0) is 17.1. The molecule has 5 nitrogen and oxygen atoms in total. The summed E-state index contributed by atoms with van der Waals surface area (Å²) in [7, 11) is 0. The Morgan fingerprint density at radius 2 is 2.17 bits per heavy atom. The van der Waals surface area contributed by atoms with E-state index in [1.54, 1.807) is 18.2 Å². The van der Waals surface area contributed by atoms with Gasteiger partial charge in [-0.2, -0.15) is 0 Å². The first kappa shape index (κ1) is 16.3. The lowest BCUT2D eigenvalue weighted by Crippen LogP contribution is -2.32. The fourth-order valence-electron chi connectivity index (χ4n) is 2.34. The predicted octanol–water partition coefficient (Wildman–Crippen LogP) is 2.48. The second-order valence-electron chi connectivity index (χ2n) is 5.33. The fraction of sp³-hybridized carbons (Fsp3) is 0.235. The Morgan fingerprint density at radius 3 is 2.92 bits per heavy atom. The zero-order valence-corrected chi connectivity index (χ0v) is 13.9. The molecule has 0 saturated carbocycles. The minimum absolute atomic E-state index is 0.0777. The average molecular weight is 345 g/mol. The smallest absolute Gasteiger partial charge is 0.262 e. The third-order valence-electron chi connectivity index (χ3n) is 3.67. The SMILES string of the molecule is CCc1cc2c(=O)n(CC(=O)NCc3ccccc3F)cnc2s1. The van der Waals surface area contributed by atoms with Gasteiger partial charge in [0, 0.05) is 17.0 Å². The molecule has 2 heterocycles. The summed E-state index contributed by atoms with van der Waals surface area (Å²) < 4.78 is 14.8. The molecule has 0 aliphatic rings. The van der Waals surface area contributed by atoms with Crippen LogP contribution in [0.5, 0.6) is 0 Å². The van der Waals surface area contributed by atoms with Crippen molar-refractivity contribution in [1.82, 2.24) is 14.9 Å². The quantitative estimate of drug-likeness (QED) is 0.773. The molecule has 0 atom stereocenters. The number of amides is 1. The highest BCUT2D eigenvalue weighted by molar-refractivity contribution is 7.18. The Bertz CT molecular complexity index is 948. The van der Waals surface area contributed by atoms with E-state index in [4.69, 9.17) is 0 Å². The number of benzene rings is 1. The van der Waals surface area contributed by atoms with E-state index in [0.29, 0.717) is 15.8 Å². The summed E-state index contributed by atoms with van der Waals surface area (Å²) in [6.45, 7) is 1.95. The van der Waals surface area contributed by atoms with E-state index in [1.165, 1.54) is 28.3 Å². The number of carbonyl (C=O) groups excluding carboxylic acids is 1. The summed E-state index contributed by atoms with van der Waals surface area (Å²) in [4.78, 5) is 30.4. The molecule has 0 unspecified atom stereocenters. The first-order valence-corrected chi connectivity index (χ1v) is 8.38. The standard InChI is InChI=1S/C17H16FN3O2S/c1-2-12-7-13-16(24-12)20-10-21(17(13)23)9-15(22)19-8-11-5-3-4-6-14(11)18/h3-7,10H,2,8-9H2,1H3,(H,19,22). The van der Waals surface area contributed by atoms with Gasteiger partial charge in [0.1, 0.15) is 17.2 Å². The van der Waals surface area contributed by atoms with Crippen LogP contribution in [-0.2, 0) is 24.3 Å². The van der Waals surface area contributed by atoms with Gasteiger partial charge >= 0.3 is 0 Å². The molecule has 3 rings (SSSR count). The van der Waals surface area contributed by atoms with Crippen molar-refractivity contribution in [2.24, 2.45) is 0 Å². The van der Waals surface area contributed by atoms with E-state index in [9.17, 15) is 14.0 Å². The van der Waals surface area contributed by atoms with Crippen molar-refractivity contribution in [3.05, 3.63) is 63.3 Å². The van der Waals surface area contributed by atoms with Crippen molar-refractivity contribution >= 4 is 27.5 Å². The molecule has 124 valence electrons. The Kier molecular flexibility index (Phi) is 4.71. The number of nitrogens with zero attached hydrogens (tertiary/aromatic N) is 2. The summed E-state index contributed by atoms with van der Waals surface area (Å²) in [6.07, 6.45) is 2.22. The number of hydrogen-bond acceptors (Lipinski definition) is 4. The number of carbonyl (C=O) groups is 1. The normalized spacial score (nSPS) is 10.9. The minimum atomic E-state index is -0.372. The van der Waals surface area contributed by atoms with Crippen molar-refractivity contribution in [2.75, 3.05) is 0 Å². The summed E-state index contributed by atoms with van der Waals surface area (Å²) in [5, 5.41) is 3.15. The maximum Gasteiger partial charge on any atom is 0.262 e. The Labute approximate surface area is 141 Å². The van der Waals surface area contributed by atoms with E-state index in [2.05, 4.69) is 10.3 Å². The van der Waals surface area contributed by atoms with Crippen LogP contribution >= 0.6 is 11.3 Å². The minimum Gasteiger partial charge on any atom is -0.350 e. The topological polar surface area (TPSA) is 64.0 Å². The average Bonchev–Trinajstić information content (AvgIpc) is 3.01. The van der Waals surface area contributed by atoms with Crippen LogP contribution in [0.2, 0.25) is 0 Å². The van der Waals surface area contributed by atoms with E-state index >= 15 is 0 Å². The zero-order valence-electron chi connectivity index (χ0n) is 13.1. The summed E-state index contributed by atoms with van der Waals surface area (Å²) in [5.74, 6) is -0.740. The second-order valence-corrected chi connectivity index (χ2v) is 6.45. The van der Waals surface area contributed by atoms with Gasteiger partial charge < -0.3 is 5.32 Å². The van der Waals surface area contributed by atoms with Crippen molar-refractivity contribution in [1.29, 1.82) is 0 Å². The molecule has 3 aromatic rings. The molecule has 0 fully saturated rings. The number of nitrogens with one attached hydrogen (secondary N) is 1. The van der Waals surface area contributed by atoms with Crippen LogP contribution in [-0.4, -0.2) is 15.5 Å². The van der Waals surface area contributed by atoms with Crippen molar-refractivity contribution in [3.8, 4) is 0 Å². The number of aromatic nitrogens is 2. The number of fused-ring (bicyclic) bond motifs is 1. The third kappa shape index (κ3) is 3.35. The van der Waals surface area contributed by atoms with Crippen molar-refractivity contribution in [3.63, 3.8) is 0 Å². The van der Waals surface area contributed by atoms with Crippen molar-refractivity contribution < 1.29 is 9.18 Å². The van der Waals surface area contributed by atoms with Gasteiger partial charge in [0.05, 0.1) is 11.7 Å². The lowest BCUT2D eigenvalue weighted by atomic mass is 10.2. The lowest BCUT2D eigenvalue weighted by Gasteiger charge is -2.08. The molecule has 2 aromatic heterocycles. The van der Waals surface area contributed by atoms with Crippen LogP contribution in [0.15, 0.2) is 41.5 Å². The number of thiophene rings is 1. The van der Waals surface area contributed by atoms with Gasteiger partial charge in [-0.25, -0.2) is 9.37 Å². The lowest BCUT2D eigenvalue weighted by molar-refractivity contribution is -0.121. The van der Waals surface area contributed by atoms with Crippen LogP contribution in [0.3, 0.4) is 0 Å². The highest BCUT2D eigenvalue weighted by Crippen LogP contribution is 2.20. The molecule has 0 spiro atoms. The van der Waals surface area contributed by atoms with Gasteiger partial charge in [-0.05, 0) is 18.6 Å². The van der Waals surface area contributed by atoms with Crippen LogP contribution in [0.25, 0.3) is 10.2 Å². The van der Waals surface area contributed by atoms with Gasteiger partial charge in [-0.3, -0.25) is 14.2 Å². The molecule has 0 aliphatic heterocycles. The Morgan fingerprint density at radius 1 is 1.38 bits per heavy atom. The van der Waals surface area contributed by atoms with Crippen LogP contribution in [0, 0.1) is 5.82 Å². The molecule has 1 N–H and O–H groups in total. The number of aryl methyl sites for hydroxylation is 1. The molecule has 0 aliphatic carbocycles. The molecule has 0 radical (unpaired) electrons. The van der Waals surface area contributed by atoms with Crippen LogP contribution in [0.1, 0.15) is 17.4 Å². The number of halogens is 1. The van der Waals surface area contributed by atoms with E-state index in [0.717, 1.165) is 11.3 Å². The Hall–Kier alpha value is -2.54. The largest absolute Gasteiger partial charge is 0.350 e. The van der Waals surface area contributed by atoms with E-state index in [1.807, 2.05) is 13.0 Å². The highest BCUT2D eigenvalue weighted by Gasteiger charge is 2.11. The molecular formula is C17H16FN3O2S. The molecule has 0 bridgehead atoms. The van der Waals surface area contributed by atoms with Gasteiger partial charge in [0.2, 0.25) is 5.91 Å². The third-order valence-corrected chi connectivity index (χ3v) is 4.85. The van der Waals surface area contributed by atoms with Crippen LogP contribution in [0.4, 0.5) is 4.39 Å². The fourth-order valence-corrected chi connectivity index (χ4v) is 3.27. The van der Waals surface area contributed by atoms with Gasteiger partial charge in [0.15, 0.2) is 0 Å².